The van der Waals surface area contributed by atoms with Gasteiger partial charge in [0.15, 0.2) is 0 Å². The molecule has 0 heterocycles. The fourth-order valence-corrected chi connectivity index (χ4v) is 4.20. The van der Waals surface area contributed by atoms with Crippen LogP contribution in [0.5, 0.6) is 0 Å². The van der Waals surface area contributed by atoms with Crippen molar-refractivity contribution in [2.45, 2.75) is 4.90 Å². The molecule has 27 heavy (non-hydrogen) atoms. The predicted octanol–water partition coefficient (Wildman–Crippen LogP) is 4.00. The topological polar surface area (TPSA) is 63.7 Å². The maximum Gasteiger partial charge on any atom is 0.326 e. The van der Waals surface area contributed by atoms with Crippen LogP contribution in [0.25, 0.3) is 10.8 Å². The Labute approximate surface area is 161 Å². The SMILES string of the molecule is COC(=O)CN(c1ccc(F)c(Cl)c1)S(=O)(=O)c1ccc2ccccc2c1. The monoisotopic (exact) mass is 407 g/mol. The summed E-state index contributed by atoms with van der Waals surface area (Å²) < 4.78 is 45.4. The first kappa shape index (κ1) is 19.1. The van der Waals surface area contributed by atoms with Crippen molar-refractivity contribution in [3.05, 3.63) is 71.5 Å². The van der Waals surface area contributed by atoms with Crippen molar-refractivity contribution in [1.29, 1.82) is 0 Å². The van der Waals surface area contributed by atoms with E-state index in [2.05, 4.69) is 4.74 Å². The van der Waals surface area contributed by atoms with Crippen molar-refractivity contribution < 1.29 is 22.3 Å². The molecule has 0 atom stereocenters. The summed E-state index contributed by atoms with van der Waals surface area (Å²) in [5, 5.41) is 1.35. The third-order valence-corrected chi connectivity index (χ3v) is 6.06. The number of nitrogens with zero attached hydrogens (tertiary/aromatic N) is 1. The molecule has 3 aromatic carbocycles. The molecule has 0 aliphatic rings. The van der Waals surface area contributed by atoms with Gasteiger partial charge in [-0.2, -0.15) is 0 Å². The van der Waals surface area contributed by atoms with Gasteiger partial charge in [0.2, 0.25) is 0 Å². The first-order valence-electron chi connectivity index (χ1n) is 7.86. The molecule has 0 unspecified atom stereocenters. The van der Waals surface area contributed by atoms with E-state index < -0.39 is 28.4 Å². The van der Waals surface area contributed by atoms with Crippen LogP contribution in [0.1, 0.15) is 0 Å². The zero-order valence-corrected chi connectivity index (χ0v) is 15.8. The molecule has 0 saturated heterocycles. The molecule has 0 aliphatic heterocycles. The number of ether oxygens (including phenoxy) is 1. The van der Waals surface area contributed by atoms with Crippen LogP contribution in [-0.4, -0.2) is 28.0 Å². The Bertz CT molecular complexity index is 1120. The number of fused-ring (bicyclic) bond motifs is 1. The largest absolute Gasteiger partial charge is 0.468 e. The molecule has 0 saturated carbocycles. The zero-order valence-electron chi connectivity index (χ0n) is 14.2. The summed E-state index contributed by atoms with van der Waals surface area (Å²) in [6.45, 7) is -0.576. The second-order valence-corrected chi connectivity index (χ2v) is 7.96. The van der Waals surface area contributed by atoms with Gasteiger partial charge in [-0.3, -0.25) is 9.10 Å². The van der Waals surface area contributed by atoms with Crippen LogP contribution < -0.4 is 4.31 Å². The standard InChI is InChI=1S/C19H15ClFNO4S/c1-26-19(23)12-22(15-7-9-18(21)17(20)11-15)27(24,25)16-8-6-13-4-2-3-5-14(13)10-16/h2-11H,12H2,1H3. The maximum absolute atomic E-state index is 13.5. The number of carbonyl (C=O) groups excluding carboxylic acids is 1. The van der Waals surface area contributed by atoms with E-state index >= 15 is 0 Å². The molecule has 0 N–H and O–H groups in total. The number of esters is 1. The van der Waals surface area contributed by atoms with Crippen LogP contribution in [0.4, 0.5) is 10.1 Å². The van der Waals surface area contributed by atoms with Gasteiger partial charge < -0.3 is 4.74 Å². The summed E-state index contributed by atoms with van der Waals surface area (Å²) in [6.07, 6.45) is 0. The van der Waals surface area contributed by atoms with Gasteiger partial charge >= 0.3 is 5.97 Å². The summed E-state index contributed by atoms with van der Waals surface area (Å²) in [7, 11) is -2.98. The second kappa shape index (κ2) is 7.54. The predicted molar refractivity (Wildman–Crippen MR) is 102 cm³/mol. The molecule has 0 aromatic heterocycles. The molecule has 0 spiro atoms. The molecule has 0 aliphatic carbocycles. The van der Waals surface area contributed by atoms with Crippen molar-refractivity contribution >= 4 is 44.1 Å². The zero-order chi connectivity index (χ0) is 19.6. The first-order chi connectivity index (χ1) is 12.8. The fourth-order valence-electron chi connectivity index (χ4n) is 2.59. The minimum atomic E-state index is -4.13. The highest BCUT2D eigenvalue weighted by molar-refractivity contribution is 7.92. The van der Waals surface area contributed by atoms with E-state index in [1.165, 1.54) is 18.2 Å². The quantitative estimate of drug-likeness (QED) is 0.600. The Hall–Kier alpha value is -2.64. The normalized spacial score (nSPS) is 11.4. The Morgan fingerprint density at radius 2 is 1.78 bits per heavy atom. The summed E-state index contributed by atoms with van der Waals surface area (Å²) >= 11 is 5.79. The van der Waals surface area contributed by atoms with E-state index in [4.69, 9.17) is 11.6 Å². The molecule has 3 aromatic rings. The Morgan fingerprint density at radius 1 is 1.07 bits per heavy atom. The highest BCUT2D eigenvalue weighted by atomic mass is 35.5. The van der Waals surface area contributed by atoms with Gasteiger partial charge in [-0.15, -0.1) is 0 Å². The highest BCUT2D eigenvalue weighted by Gasteiger charge is 2.28. The second-order valence-electron chi connectivity index (χ2n) is 5.70. The van der Waals surface area contributed by atoms with E-state index in [1.807, 2.05) is 12.1 Å². The smallest absolute Gasteiger partial charge is 0.326 e. The lowest BCUT2D eigenvalue weighted by atomic mass is 10.1. The van der Waals surface area contributed by atoms with Crippen molar-refractivity contribution in [2.24, 2.45) is 0 Å². The number of methoxy groups -OCH3 is 1. The minimum Gasteiger partial charge on any atom is -0.468 e. The van der Waals surface area contributed by atoms with Gasteiger partial charge in [0.05, 0.1) is 22.7 Å². The lowest BCUT2D eigenvalue weighted by Gasteiger charge is -2.23. The number of sulfonamides is 1. The third-order valence-electron chi connectivity index (χ3n) is 4.00. The van der Waals surface area contributed by atoms with Gasteiger partial charge in [0, 0.05) is 0 Å². The maximum atomic E-state index is 13.5. The average Bonchev–Trinajstić information content (AvgIpc) is 2.67. The van der Waals surface area contributed by atoms with Crippen molar-refractivity contribution in [1.82, 2.24) is 0 Å². The molecular weight excluding hydrogens is 393 g/mol. The number of benzene rings is 3. The summed E-state index contributed by atoms with van der Waals surface area (Å²) in [5.41, 5.74) is 0.0555. The van der Waals surface area contributed by atoms with E-state index in [-0.39, 0.29) is 15.6 Å². The number of rotatable bonds is 5. The van der Waals surface area contributed by atoms with Gasteiger partial charge in [-0.1, -0.05) is 41.9 Å². The van der Waals surface area contributed by atoms with E-state index in [1.54, 1.807) is 18.2 Å². The Morgan fingerprint density at radius 3 is 2.44 bits per heavy atom. The van der Waals surface area contributed by atoms with Crippen molar-refractivity contribution in [3.63, 3.8) is 0 Å². The van der Waals surface area contributed by atoms with Crippen LogP contribution in [0, 0.1) is 5.82 Å². The van der Waals surface area contributed by atoms with E-state index in [0.29, 0.717) is 0 Å². The molecule has 0 radical (unpaired) electrons. The van der Waals surface area contributed by atoms with Gasteiger partial charge in [-0.25, -0.2) is 12.8 Å². The van der Waals surface area contributed by atoms with Gasteiger partial charge in [0.1, 0.15) is 12.4 Å². The summed E-state index contributed by atoms with van der Waals surface area (Å²) in [5.74, 6) is -1.46. The minimum absolute atomic E-state index is 0.00875. The van der Waals surface area contributed by atoms with Crippen LogP contribution in [0.15, 0.2) is 65.6 Å². The van der Waals surface area contributed by atoms with E-state index in [0.717, 1.165) is 34.3 Å². The van der Waals surface area contributed by atoms with Crippen molar-refractivity contribution in [2.75, 3.05) is 18.0 Å². The van der Waals surface area contributed by atoms with Gasteiger partial charge in [0.25, 0.3) is 10.0 Å². The number of halogens is 2. The first-order valence-corrected chi connectivity index (χ1v) is 9.68. The highest BCUT2D eigenvalue weighted by Crippen LogP contribution is 2.29. The van der Waals surface area contributed by atoms with Crippen LogP contribution in [-0.2, 0) is 19.6 Å². The molecule has 0 bridgehead atoms. The summed E-state index contributed by atoms with van der Waals surface area (Å²) in [6, 6.07) is 15.4. The Balaban J connectivity index is 2.13. The fraction of sp³-hybridized carbons (Fsp3) is 0.105. The van der Waals surface area contributed by atoms with Crippen LogP contribution >= 0.6 is 11.6 Å². The van der Waals surface area contributed by atoms with Crippen LogP contribution in [0.2, 0.25) is 5.02 Å². The number of anilines is 1. The molecule has 8 heteroatoms. The average molecular weight is 408 g/mol. The third kappa shape index (κ3) is 3.89. The lowest BCUT2D eigenvalue weighted by molar-refractivity contribution is -0.138. The van der Waals surface area contributed by atoms with Crippen molar-refractivity contribution in [3.8, 4) is 0 Å². The molecule has 5 nitrogen and oxygen atoms in total. The molecule has 3 rings (SSSR count). The van der Waals surface area contributed by atoms with Crippen LogP contribution in [0.3, 0.4) is 0 Å². The molecular formula is C19H15ClFNO4S. The molecule has 0 fully saturated rings. The Kier molecular flexibility index (Phi) is 5.34. The van der Waals surface area contributed by atoms with E-state index in [9.17, 15) is 17.6 Å². The number of hydrogen-bond acceptors (Lipinski definition) is 4. The molecule has 140 valence electrons. The number of carbonyl (C=O) groups is 1. The van der Waals surface area contributed by atoms with Gasteiger partial charge in [-0.05, 0) is 41.1 Å². The molecule has 0 amide bonds. The summed E-state index contributed by atoms with van der Waals surface area (Å²) in [4.78, 5) is 11.8. The number of hydrogen-bond donors (Lipinski definition) is 0. The lowest BCUT2D eigenvalue weighted by Crippen LogP contribution is -2.36.